The molecule has 0 unspecified atom stereocenters. The van der Waals surface area contributed by atoms with Gasteiger partial charge in [0.1, 0.15) is 22.3 Å². The molecule has 2 aromatic heterocycles. The maximum absolute atomic E-state index is 6.77. The third-order valence-corrected chi connectivity index (χ3v) is 11.7. The molecule has 3 heterocycles. The van der Waals surface area contributed by atoms with E-state index in [9.17, 15) is 0 Å². The van der Waals surface area contributed by atoms with E-state index in [1.54, 1.807) is 0 Å². The standard InChI is InChI=1S/C54H33NO2/c1-3-12-36-29-38(21-19-33(36)9-1)39-24-27-48(41-22-20-34-10-2-4-13-37(34)30-41)55-49(32-39)46-17-8-18-51-52(46)47-31-40(25-28-50(47)56-51)43-15-7-16-44-45-26-23-35-11-5-6-14-42(35)53(45)57-54(43)44/h1-23,25-32H,24H2. The fourth-order valence-corrected chi connectivity index (χ4v) is 8.86. The molecule has 0 N–H and O–H groups in total. The van der Waals surface area contributed by atoms with E-state index in [0.717, 1.165) is 89.3 Å². The number of hydrogen-bond acceptors (Lipinski definition) is 3. The number of rotatable bonds is 4. The molecule has 0 amide bonds. The number of para-hydroxylation sites is 1. The molecular formula is C54H33NO2. The normalized spacial score (nSPS) is 13.5. The van der Waals surface area contributed by atoms with Gasteiger partial charge < -0.3 is 8.83 Å². The Balaban J connectivity index is 1.06. The molecule has 0 bridgehead atoms. The third-order valence-electron chi connectivity index (χ3n) is 11.7. The first-order valence-corrected chi connectivity index (χ1v) is 19.5. The second-order valence-corrected chi connectivity index (χ2v) is 15.0. The molecule has 3 nitrogen and oxygen atoms in total. The topological polar surface area (TPSA) is 38.6 Å². The van der Waals surface area contributed by atoms with E-state index >= 15 is 0 Å². The van der Waals surface area contributed by atoms with Gasteiger partial charge in [0.2, 0.25) is 0 Å². The second-order valence-electron chi connectivity index (χ2n) is 15.0. The summed E-state index contributed by atoms with van der Waals surface area (Å²) in [6.07, 6.45) is 5.31. The fraction of sp³-hybridized carbons (Fsp3) is 0.0185. The zero-order valence-electron chi connectivity index (χ0n) is 30.9. The van der Waals surface area contributed by atoms with Crippen molar-refractivity contribution in [1.29, 1.82) is 0 Å². The first-order valence-electron chi connectivity index (χ1n) is 19.5. The number of allylic oxidation sites excluding steroid dienone is 3. The molecule has 9 aromatic carbocycles. The summed E-state index contributed by atoms with van der Waals surface area (Å²) in [5, 5.41) is 11.5. The lowest BCUT2D eigenvalue weighted by molar-refractivity contribution is 0.668. The predicted octanol–water partition coefficient (Wildman–Crippen LogP) is 14.9. The number of nitrogens with zero attached hydrogens (tertiary/aromatic N) is 1. The molecule has 0 saturated carbocycles. The smallest absolute Gasteiger partial charge is 0.143 e. The van der Waals surface area contributed by atoms with E-state index in [4.69, 9.17) is 13.8 Å². The zero-order chi connectivity index (χ0) is 37.5. The first-order chi connectivity index (χ1) is 28.2. The van der Waals surface area contributed by atoms with Crippen molar-refractivity contribution in [1.82, 2.24) is 0 Å². The Kier molecular flexibility index (Phi) is 6.99. The molecule has 0 spiro atoms. The molecule has 1 aliphatic rings. The maximum atomic E-state index is 6.77. The van der Waals surface area contributed by atoms with Crippen molar-refractivity contribution >= 4 is 93.2 Å². The van der Waals surface area contributed by atoms with Crippen molar-refractivity contribution in [2.45, 2.75) is 6.42 Å². The molecule has 57 heavy (non-hydrogen) atoms. The van der Waals surface area contributed by atoms with Crippen LogP contribution in [0.15, 0.2) is 202 Å². The van der Waals surface area contributed by atoms with Crippen molar-refractivity contribution < 1.29 is 8.83 Å². The lowest BCUT2D eigenvalue weighted by Crippen LogP contribution is -1.99. The van der Waals surface area contributed by atoms with Gasteiger partial charge in [-0.25, -0.2) is 4.99 Å². The molecule has 1 aliphatic heterocycles. The summed E-state index contributed by atoms with van der Waals surface area (Å²) < 4.78 is 13.4. The van der Waals surface area contributed by atoms with Crippen molar-refractivity contribution in [2.24, 2.45) is 4.99 Å². The molecular weight excluding hydrogens is 695 g/mol. The lowest BCUT2D eigenvalue weighted by atomic mass is 9.95. The van der Waals surface area contributed by atoms with Crippen molar-refractivity contribution in [2.75, 3.05) is 0 Å². The molecule has 0 aliphatic carbocycles. The van der Waals surface area contributed by atoms with Gasteiger partial charge in [-0.2, -0.15) is 0 Å². The summed E-state index contributed by atoms with van der Waals surface area (Å²) >= 11 is 0. The second kappa shape index (κ2) is 12.5. The SMILES string of the molecule is C1=C(c2ccc3ccccc3c2)CC=C(c2ccc3ccccc3c2)N=C1c1cccc2oc3ccc(-c4cccc5c4oc4c6ccccc6ccc54)cc3c12. The lowest BCUT2D eigenvalue weighted by Gasteiger charge is -2.09. The summed E-state index contributed by atoms with van der Waals surface area (Å²) in [7, 11) is 0. The van der Waals surface area contributed by atoms with E-state index < -0.39 is 0 Å². The van der Waals surface area contributed by atoms with Gasteiger partial charge in [0, 0.05) is 43.6 Å². The van der Waals surface area contributed by atoms with Crippen LogP contribution in [-0.4, -0.2) is 5.71 Å². The maximum Gasteiger partial charge on any atom is 0.143 e. The predicted molar refractivity (Wildman–Crippen MR) is 239 cm³/mol. The largest absolute Gasteiger partial charge is 0.456 e. The van der Waals surface area contributed by atoms with Crippen LogP contribution in [0.4, 0.5) is 0 Å². The van der Waals surface area contributed by atoms with Crippen LogP contribution < -0.4 is 0 Å². The molecule has 11 aromatic rings. The van der Waals surface area contributed by atoms with Gasteiger partial charge in [0.15, 0.2) is 0 Å². The quantitative estimate of drug-likeness (QED) is 0.181. The Morgan fingerprint density at radius 2 is 1.05 bits per heavy atom. The highest BCUT2D eigenvalue weighted by atomic mass is 16.3. The summed E-state index contributed by atoms with van der Waals surface area (Å²) in [5.41, 5.74) is 12.0. The molecule has 266 valence electrons. The minimum absolute atomic E-state index is 0.747. The van der Waals surface area contributed by atoms with Gasteiger partial charge in [-0.3, -0.25) is 0 Å². The van der Waals surface area contributed by atoms with E-state index in [1.807, 2.05) is 0 Å². The summed E-state index contributed by atoms with van der Waals surface area (Å²) in [6, 6.07) is 62.5. The number of furan rings is 2. The van der Waals surface area contributed by atoms with Crippen molar-refractivity contribution in [3.63, 3.8) is 0 Å². The Bertz CT molecular complexity index is 3550. The van der Waals surface area contributed by atoms with Crippen LogP contribution in [0, 0.1) is 0 Å². The van der Waals surface area contributed by atoms with Gasteiger partial charge in [-0.1, -0.05) is 146 Å². The Morgan fingerprint density at radius 3 is 1.89 bits per heavy atom. The minimum Gasteiger partial charge on any atom is -0.456 e. The van der Waals surface area contributed by atoms with Crippen LogP contribution >= 0.6 is 0 Å². The summed E-state index contributed by atoms with van der Waals surface area (Å²) in [5.74, 6) is 0. The van der Waals surface area contributed by atoms with Gasteiger partial charge >= 0.3 is 0 Å². The van der Waals surface area contributed by atoms with Crippen LogP contribution in [0.3, 0.4) is 0 Å². The average molecular weight is 728 g/mol. The Labute approximate surface area is 328 Å². The fourth-order valence-electron chi connectivity index (χ4n) is 8.86. The minimum atomic E-state index is 0.747. The number of aliphatic imine (C=N–C) groups is 1. The van der Waals surface area contributed by atoms with Gasteiger partial charge in [0.05, 0.1) is 11.4 Å². The molecule has 0 fully saturated rings. The summed E-state index contributed by atoms with van der Waals surface area (Å²) in [6.45, 7) is 0. The third kappa shape index (κ3) is 5.17. The van der Waals surface area contributed by atoms with Crippen molar-refractivity contribution in [3.05, 3.63) is 205 Å². The molecule has 12 rings (SSSR count). The van der Waals surface area contributed by atoms with E-state index in [1.165, 1.54) is 38.1 Å². The van der Waals surface area contributed by atoms with Crippen LogP contribution in [0.25, 0.3) is 98.6 Å². The van der Waals surface area contributed by atoms with Crippen LogP contribution in [-0.2, 0) is 0 Å². The van der Waals surface area contributed by atoms with Crippen LogP contribution in [0.1, 0.15) is 23.1 Å². The Morgan fingerprint density at radius 1 is 0.404 bits per heavy atom. The van der Waals surface area contributed by atoms with Crippen molar-refractivity contribution in [3.8, 4) is 11.1 Å². The molecule has 0 saturated heterocycles. The number of fused-ring (bicyclic) bond motifs is 10. The number of hydrogen-bond donors (Lipinski definition) is 0. The van der Waals surface area contributed by atoms with Crippen LogP contribution in [0.2, 0.25) is 0 Å². The highest BCUT2D eigenvalue weighted by Crippen LogP contribution is 2.42. The van der Waals surface area contributed by atoms with Gasteiger partial charge in [-0.05, 0) is 92.5 Å². The van der Waals surface area contributed by atoms with Gasteiger partial charge in [-0.15, -0.1) is 0 Å². The number of benzene rings is 9. The zero-order valence-corrected chi connectivity index (χ0v) is 30.9. The molecule has 0 radical (unpaired) electrons. The highest BCUT2D eigenvalue weighted by molar-refractivity contribution is 6.25. The summed E-state index contributed by atoms with van der Waals surface area (Å²) in [4.78, 5) is 5.51. The van der Waals surface area contributed by atoms with E-state index in [2.05, 4.69) is 188 Å². The molecule has 0 atom stereocenters. The first kappa shape index (κ1) is 31.8. The molecule has 3 heteroatoms. The monoisotopic (exact) mass is 727 g/mol. The van der Waals surface area contributed by atoms with E-state index in [0.29, 0.717) is 0 Å². The average Bonchev–Trinajstić information content (AvgIpc) is 3.76. The van der Waals surface area contributed by atoms with Crippen LogP contribution in [0.5, 0.6) is 0 Å². The highest BCUT2D eigenvalue weighted by Gasteiger charge is 2.20. The van der Waals surface area contributed by atoms with E-state index in [-0.39, 0.29) is 0 Å². The Hall–Kier alpha value is -7.49. The van der Waals surface area contributed by atoms with Gasteiger partial charge in [0.25, 0.3) is 0 Å².